The highest BCUT2D eigenvalue weighted by Gasteiger charge is 2.50. The zero-order chi connectivity index (χ0) is 13.9. The third-order valence-corrected chi connectivity index (χ3v) is 2.23. The molecule has 0 spiro atoms. The number of hydrogen-bond acceptors (Lipinski definition) is 3. The van der Waals surface area contributed by atoms with Crippen molar-refractivity contribution in [3.05, 3.63) is 34.6 Å². The van der Waals surface area contributed by atoms with Crippen LogP contribution in [-0.4, -0.2) is 24.3 Å². The molecule has 0 aromatic heterocycles. The fourth-order valence-corrected chi connectivity index (χ4v) is 1.33. The summed E-state index contributed by atoms with van der Waals surface area (Å²) in [6.45, 7) is 0.984. The maximum absolute atomic E-state index is 13.4. The summed E-state index contributed by atoms with van der Waals surface area (Å²) in [6.07, 6.45) is 0. The number of alkyl halides is 2. The van der Waals surface area contributed by atoms with Crippen molar-refractivity contribution in [1.29, 1.82) is 0 Å². The third kappa shape index (κ3) is 2.81. The summed E-state index contributed by atoms with van der Waals surface area (Å²) < 4.78 is 44.0. The van der Waals surface area contributed by atoms with Gasteiger partial charge in [0.25, 0.3) is 0 Å². The Balaban J connectivity index is 3.13. The lowest BCUT2D eigenvalue weighted by molar-refractivity contribution is -0.164. The van der Waals surface area contributed by atoms with Crippen molar-refractivity contribution in [2.45, 2.75) is 12.8 Å². The fraction of sp³-hybridized carbons (Fsp3) is 0.273. The molecule has 0 radical (unpaired) electrons. The highest BCUT2D eigenvalue weighted by molar-refractivity contribution is 6.31. The fourth-order valence-electron chi connectivity index (χ4n) is 1.16. The number of rotatable bonds is 4. The first kappa shape index (κ1) is 14.5. The van der Waals surface area contributed by atoms with Crippen LogP contribution in [0.15, 0.2) is 18.2 Å². The maximum atomic E-state index is 13.4. The predicted molar refractivity (Wildman–Crippen MR) is 57.3 cm³/mol. The molecule has 0 aliphatic carbocycles. The molecule has 1 aromatic carbocycles. The van der Waals surface area contributed by atoms with Gasteiger partial charge in [-0.1, -0.05) is 11.6 Å². The number of Topliss-reactive ketones (excluding diaryl/α,β-unsaturated/α-hetero) is 1. The summed E-state index contributed by atoms with van der Waals surface area (Å²) in [7, 11) is 0. The molecule has 0 atom stereocenters. The van der Waals surface area contributed by atoms with Gasteiger partial charge in [-0.15, -0.1) is 0 Å². The first-order valence-electron chi connectivity index (χ1n) is 4.85. The summed E-state index contributed by atoms with van der Waals surface area (Å²) in [5, 5.41) is -0.0978. The number of carbonyl (C=O) groups is 2. The Labute approximate surface area is 105 Å². The van der Waals surface area contributed by atoms with Crippen molar-refractivity contribution in [2.24, 2.45) is 0 Å². The Hall–Kier alpha value is -1.56. The number of esters is 1. The second-order valence-electron chi connectivity index (χ2n) is 3.25. The molecule has 0 bridgehead atoms. The van der Waals surface area contributed by atoms with Crippen molar-refractivity contribution >= 4 is 23.4 Å². The van der Waals surface area contributed by atoms with Gasteiger partial charge in [0.1, 0.15) is 5.82 Å². The minimum Gasteiger partial charge on any atom is -0.461 e. The number of ether oxygens (including phenoxy) is 1. The standard InChI is InChI=1S/C11H8ClF3O3/c1-2-18-10(17)11(14,15)9(16)7-5-6(12)3-4-8(7)13/h3-5H,2H2,1H3. The van der Waals surface area contributed by atoms with Crippen LogP contribution in [0.3, 0.4) is 0 Å². The number of benzene rings is 1. The molecular weight excluding hydrogens is 273 g/mol. The Bertz CT molecular complexity index is 488. The molecule has 18 heavy (non-hydrogen) atoms. The Kier molecular flexibility index (Phi) is 4.34. The molecule has 0 N–H and O–H groups in total. The minimum atomic E-state index is -4.44. The second kappa shape index (κ2) is 5.39. The van der Waals surface area contributed by atoms with Crippen molar-refractivity contribution in [2.75, 3.05) is 6.61 Å². The van der Waals surface area contributed by atoms with Gasteiger partial charge in [0.2, 0.25) is 5.78 Å². The van der Waals surface area contributed by atoms with E-state index in [1.807, 2.05) is 0 Å². The topological polar surface area (TPSA) is 43.4 Å². The molecule has 3 nitrogen and oxygen atoms in total. The van der Waals surface area contributed by atoms with Gasteiger partial charge in [-0.05, 0) is 25.1 Å². The SMILES string of the molecule is CCOC(=O)C(F)(F)C(=O)c1cc(Cl)ccc1F. The molecule has 0 aliphatic rings. The molecule has 98 valence electrons. The predicted octanol–water partition coefficient (Wildman–Crippen LogP) is 2.86. The van der Waals surface area contributed by atoms with Crippen LogP contribution in [0, 0.1) is 5.82 Å². The van der Waals surface area contributed by atoms with Crippen molar-refractivity contribution < 1.29 is 27.5 Å². The first-order chi connectivity index (χ1) is 8.30. The van der Waals surface area contributed by atoms with Crippen LogP contribution in [0.1, 0.15) is 17.3 Å². The number of hydrogen-bond donors (Lipinski definition) is 0. The highest BCUT2D eigenvalue weighted by atomic mass is 35.5. The molecule has 0 unspecified atom stereocenters. The van der Waals surface area contributed by atoms with Gasteiger partial charge in [0.05, 0.1) is 12.2 Å². The minimum absolute atomic E-state index is 0.0978. The number of halogens is 4. The second-order valence-corrected chi connectivity index (χ2v) is 3.68. The Morgan fingerprint density at radius 2 is 2.00 bits per heavy atom. The van der Waals surface area contributed by atoms with E-state index in [1.165, 1.54) is 6.92 Å². The molecule has 1 rings (SSSR count). The van der Waals surface area contributed by atoms with Crippen LogP contribution in [-0.2, 0) is 9.53 Å². The Morgan fingerprint density at radius 3 is 2.56 bits per heavy atom. The summed E-state index contributed by atoms with van der Waals surface area (Å²) in [5.74, 6) is -9.63. The largest absolute Gasteiger partial charge is 0.461 e. The van der Waals surface area contributed by atoms with E-state index in [1.54, 1.807) is 0 Å². The van der Waals surface area contributed by atoms with Crippen molar-refractivity contribution in [3.63, 3.8) is 0 Å². The lowest BCUT2D eigenvalue weighted by Crippen LogP contribution is -2.39. The molecule has 0 fully saturated rings. The van der Waals surface area contributed by atoms with Crippen LogP contribution in [0.25, 0.3) is 0 Å². The van der Waals surface area contributed by atoms with E-state index in [0.717, 1.165) is 18.2 Å². The quantitative estimate of drug-likeness (QED) is 0.484. The summed E-state index contributed by atoms with van der Waals surface area (Å²) in [5.41, 5.74) is -0.958. The lowest BCUT2D eigenvalue weighted by atomic mass is 10.0. The molecular formula is C11H8ClF3O3. The molecule has 1 aromatic rings. The average Bonchev–Trinajstić information content (AvgIpc) is 2.31. The molecule has 0 amide bonds. The molecule has 0 heterocycles. The molecule has 0 saturated heterocycles. The van der Waals surface area contributed by atoms with E-state index in [2.05, 4.69) is 4.74 Å². The summed E-state index contributed by atoms with van der Waals surface area (Å²) in [6, 6.07) is 2.58. The van der Waals surface area contributed by atoms with Crippen LogP contribution in [0.5, 0.6) is 0 Å². The average molecular weight is 281 g/mol. The number of ketones is 1. The van der Waals surface area contributed by atoms with Crippen molar-refractivity contribution in [1.82, 2.24) is 0 Å². The van der Waals surface area contributed by atoms with Crippen LogP contribution >= 0.6 is 11.6 Å². The lowest BCUT2D eigenvalue weighted by Gasteiger charge is -2.13. The van der Waals surface area contributed by atoms with Gasteiger partial charge in [-0.2, -0.15) is 8.78 Å². The first-order valence-corrected chi connectivity index (χ1v) is 5.23. The van der Waals surface area contributed by atoms with Gasteiger partial charge >= 0.3 is 11.9 Å². The van der Waals surface area contributed by atoms with Crippen LogP contribution < -0.4 is 0 Å². The summed E-state index contributed by atoms with van der Waals surface area (Å²) >= 11 is 5.47. The maximum Gasteiger partial charge on any atom is 0.404 e. The van der Waals surface area contributed by atoms with Gasteiger partial charge in [-0.3, -0.25) is 4.79 Å². The van der Waals surface area contributed by atoms with E-state index < -0.39 is 29.1 Å². The van der Waals surface area contributed by atoms with E-state index in [9.17, 15) is 22.8 Å². The van der Waals surface area contributed by atoms with Gasteiger partial charge < -0.3 is 4.74 Å². The monoisotopic (exact) mass is 280 g/mol. The highest BCUT2D eigenvalue weighted by Crippen LogP contribution is 2.25. The van der Waals surface area contributed by atoms with Gasteiger partial charge in [-0.25, -0.2) is 9.18 Å². The molecule has 7 heteroatoms. The Morgan fingerprint density at radius 1 is 1.39 bits per heavy atom. The van der Waals surface area contributed by atoms with Crippen LogP contribution in [0.4, 0.5) is 13.2 Å². The summed E-state index contributed by atoms with van der Waals surface area (Å²) in [4.78, 5) is 22.3. The molecule has 0 saturated carbocycles. The smallest absolute Gasteiger partial charge is 0.404 e. The molecule has 0 aliphatic heterocycles. The zero-order valence-corrected chi connectivity index (χ0v) is 9.93. The van der Waals surface area contributed by atoms with Crippen molar-refractivity contribution in [3.8, 4) is 0 Å². The normalized spacial score (nSPS) is 11.2. The zero-order valence-electron chi connectivity index (χ0n) is 9.18. The van der Waals surface area contributed by atoms with E-state index in [0.29, 0.717) is 0 Å². The van der Waals surface area contributed by atoms with Crippen LogP contribution in [0.2, 0.25) is 5.02 Å². The van der Waals surface area contributed by atoms with Gasteiger partial charge in [0, 0.05) is 5.02 Å². The van der Waals surface area contributed by atoms with E-state index in [-0.39, 0.29) is 11.6 Å². The number of carbonyl (C=O) groups excluding carboxylic acids is 2. The van der Waals surface area contributed by atoms with E-state index >= 15 is 0 Å². The van der Waals surface area contributed by atoms with Gasteiger partial charge in [0.15, 0.2) is 0 Å². The third-order valence-electron chi connectivity index (χ3n) is 1.99. The van der Waals surface area contributed by atoms with E-state index in [4.69, 9.17) is 11.6 Å².